The fourth-order valence-electron chi connectivity index (χ4n) is 4.06. The van der Waals surface area contributed by atoms with Crippen LogP contribution < -0.4 is 9.47 Å². The van der Waals surface area contributed by atoms with Crippen LogP contribution in [0.4, 0.5) is 0 Å². The third-order valence-electron chi connectivity index (χ3n) is 5.53. The normalized spacial score (nSPS) is 19.0. The van der Waals surface area contributed by atoms with Crippen LogP contribution in [0, 0.1) is 5.92 Å². The largest absolute Gasteiger partial charge is 0.454 e. The number of thioether (sulfide) groups is 2. The number of ether oxygens (including phenoxy) is 4. The summed E-state index contributed by atoms with van der Waals surface area (Å²) in [4.78, 5) is 26.5. The molecule has 3 aromatic rings. The molecule has 0 saturated carbocycles. The van der Waals surface area contributed by atoms with Gasteiger partial charge in [0.15, 0.2) is 11.5 Å². The van der Waals surface area contributed by atoms with Gasteiger partial charge in [-0.05, 0) is 42.0 Å². The number of hydrogen-bond donors (Lipinski definition) is 0. The molecule has 8 heteroatoms. The van der Waals surface area contributed by atoms with Gasteiger partial charge in [-0.15, -0.1) is 23.5 Å². The highest BCUT2D eigenvalue weighted by molar-refractivity contribution is 8.17. The van der Waals surface area contributed by atoms with Crippen LogP contribution >= 0.6 is 23.5 Å². The van der Waals surface area contributed by atoms with Crippen LogP contribution in [-0.4, -0.2) is 25.0 Å². The quantitative estimate of drug-likeness (QED) is 0.239. The van der Waals surface area contributed by atoms with Crippen molar-refractivity contribution in [3.8, 4) is 11.5 Å². The second-order valence-corrected chi connectivity index (χ2v) is 10.7. The molecule has 0 unspecified atom stereocenters. The summed E-state index contributed by atoms with van der Waals surface area (Å²) in [7, 11) is 0. The van der Waals surface area contributed by atoms with Crippen LogP contribution in [0.25, 0.3) is 0 Å². The zero-order valence-corrected chi connectivity index (χ0v) is 20.0. The van der Waals surface area contributed by atoms with E-state index in [1.54, 1.807) is 23.5 Å². The number of esters is 2. The standard InChI is InChI=1S/C26H22O6S2/c1-17(27)31-25-21(15-24(28)32-25)26(33-19-8-4-2-5-9-19,34-20-10-6-3-7-11-20)18-12-13-22-23(14-18)30-16-29-22/h2-14,21,25H,15-16H2,1H3/t21-,25-/m1/s1. The van der Waals surface area contributed by atoms with Gasteiger partial charge in [0, 0.05) is 16.7 Å². The minimum absolute atomic E-state index is 0.103. The summed E-state index contributed by atoms with van der Waals surface area (Å²) >= 11 is 3.21. The molecular weight excluding hydrogens is 472 g/mol. The monoisotopic (exact) mass is 494 g/mol. The van der Waals surface area contributed by atoms with Gasteiger partial charge in [0.2, 0.25) is 6.79 Å². The van der Waals surface area contributed by atoms with Crippen molar-refractivity contribution in [2.45, 2.75) is 33.5 Å². The fraction of sp³-hybridized carbons (Fsp3) is 0.231. The number of rotatable bonds is 7. The summed E-state index contributed by atoms with van der Waals surface area (Å²) in [5.41, 5.74) is 0.903. The van der Waals surface area contributed by atoms with Crippen molar-refractivity contribution in [2.24, 2.45) is 5.92 Å². The van der Waals surface area contributed by atoms with E-state index in [9.17, 15) is 9.59 Å². The molecule has 1 saturated heterocycles. The minimum Gasteiger partial charge on any atom is -0.454 e. The number of cyclic esters (lactones) is 1. The van der Waals surface area contributed by atoms with E-state index in [2.05, 4.69) is 0 Å². The maximum atomic E-state index is 12.5. The Hall–Kier alpha value is -3.10. The van der Waals surface area contributed by atoms with Crippen molar-refractivity contribution in [2.75, 3.05) is 6.79 Å². The zero-order chi connectivity index (χ0) is 23.5. The summed E-state index contributed by atoms with van der Waals surface area (Å²) in [6.45, 7) is 1.48. The van der Waals surface area contributed by atoms with Crippen LogP contribution in [0.15, 0.2) is 88.7 Å². The molecule has 6 nitrogen and oxygen atoms in total. The summed E-state index contributed by atoms with van der Waals surface area (Å²) in [6.07, 6.45) is -0.908. The highest BCUT2D eigenvalue weighted by Crippen LogP contribution is 2.61. The molecule has 0 amide bonds. The predicted molar refractivity (Wildman–Crippen MR) is 129 cm³/mol. The van der Waals surface area contributed by atoms with Gasteiger partial charge in [-0.25, -0.2) is 0 Å². The fourth-order valence-corrected chi connectivity index (χ4v) is 7.28. The van der Waals surface area contributed by atoms with Crippen LogP contribution in [0.3, 0.4) is 0 Å². The molecule has 5 rings (SSSR count). The Kier molecular flexibility index (Phi) is 6.43. The Balaban J connectivity index is 1.69. The molecular formula is C26H22O6S2. The first-order chi connectivity index (χ1) is 16.5. The van der Waals surface area contributed by atoms with Gasteiger partial charge in [-0.2, -0.15) is 0 Å². The molecule has 2 aliphatic heterocycles. The van der Waals surface area contributed by atoms with Gasteiger partial charge in [-0.3, -0.25) is 9.59 Å². The smallest absolute Gasteiger partial charge is 0.309 e. The lowest BCUT2D eigenvalue weighted by Crippen LogP contribution is -2.36. The van der Waals surface area contributed by atoms with Gasteiger partial charge < -0.3 is 18.9 Å². The van der Waals surface area contributed by atoms with Crippen LogP contribution in [0.1, 0.15) is 18.9 Å². The summed E-state index contributed by atoms with van der Waals surface area (Å²) in [6, 6.07) is 25.7. The Morgan fingerprint density at radius 2 is 1.53 bits per heavy atom. The lowest BCUT2D eigenvalue weighted by molar-refractivity contribution is -0.180. The van der Waals surface area contributed by atoms with Crippen molar-refractivity contribution in [1.82, 2.24) is 0 Å². The van der Waals surface area contributed by atoms with Crippen molar-refractivity contribution in [3.05, 3.63) is 84.4 Å². The first kappa shape index (κ1) is 22.7. The minimum atomic E-state index is -1.01. The summed E-state index contributed by atoms with van der Waals surface area (Å²) in [5.74, 6) is -0.0667. The Labute approximate surface area is 205 Å². The average Bonchev–Trinajstić information content (AvgIpc) is 3.45. The van der Waals surface area contributed by atoms with Gasteiger partial charge in [-0.1, -0.05) is 42.5 Å². The van der Waals surface area contributed by atoms with E-state index >= 15 is 0 Å². The molecule has 0 N–H and O–H groups in total. The molecule has 0 spiro atoms. The molecule has 174 valence electrons. The second kappa shape index (κ2) is 9.64. The molecule has 2 aliphatic rings. The predicted octanol–water partition coefficient (Wildman–Crippen LogP) is 5.61. The molecule has 0 radical (unpaired) electrons. The SMILES string of the molecule is CC(=O)O[C@@H]1OC(=O)C[C@H]1C(Sc1ccccc1)(Sc1ccccc1)c1ccc2c(c1)OCO2. The highest BCUT2D eigenvalue weighted by Gasteiger charge is 2.54. The van der Waals surface area contributed by atoms with E-state index in [1.165, 1.54) is 6.92 Å². The average molecular weight is 495 g/mol. The van der Waals surface area contributed by atoms with Crippen LogP contribution in [0.5, 0.6) is 11.5 Å². The van der Waals surface area contributed by atoms with E-state index in [0.29, 0.717) is 11.5 Å². The lowest BCUT2D eigenvalue weighted by atomic mass is 9.95. The molecule has 0 aromatic heterocycles. The van der Waals surface area contributed by atoms with Crippen molar-refractivity contribution in [3.63, 3.8) is 0 Å². The van der Waals surface area contributed by atoms with Crippen molar-refractivity contribution < 1.29 is 28.5 Å². The van der Waals surface area contributed by atoms with Gasteiger partial charge >= 0.3 is 11.9 Å². The lowest BCUT2D eigenvalue weighted by Gasteiger charge is -2.39. The third kappa shape index (κ3) is 4.60. The Morgan fingerprint density at radius 1 is 0.912 bits per heavy atom. The highest BCUT2D eigenvalue weighted by atomic mass is 32.2. The number of hydrogen-bond acceptors (Lipinski definition) is 8. The first-order valence-corrected chi connectivity index (χ1v) is 12.4. The summed E-state index contributed by atoms with van der Waals surface area (Å²) in [5, 5.41) is 0. The van der Waals surface area contributed by atoms with E-state index in [1.807, 2.05) is 78.9 Å². The second-order valence-electron chi connectivity index (χ2n) is 7.84. The molecule has 3 aromatic carbocycles. The van der Waals surface area contributed by atoms with E-state index < -0.39 is 28.2 Å². The Bertz CT molecular complexity index is 1140. The van der Waals surface area contributed by atoms with Gasteiger partial charge in [0.05, 0.1) is 12.3 Å². The van der Waals surface area contributed by atoms with E-state index in [0.717, 1.165) is 15.4 Å². The van der Waals surface area contributed by atoms with Crippen LogP contribution in [-0.2, 0) is 23.1 Å². The van der Waals surface area contributed by atoms with E-state index in [4.69, 9.17) is 18.9 Å². The van der Waals surface area contributed by atoms with Crippen molar-refractivity contribution in [1.29, 1.82) is 0 Å². The summed E-state index contributed by atoms with van der Waals surface area (Å²) < 4.78 is 21.5. The number of fused-ring (bicyclic) bond motifs is 1. The van der Waals surface area contributed by atoms with Crippen molar-refractivity contribution >= 4 is 35.5 Å². The maximum Gasteiger partial charge on any atom is 0.309 e. The molecule has 34 heavy (non-hydrogen) atoms. The topological polar surface area (TPSA) is 71.1 Å². The van der Waals surface area contributed by atoms with Crippen LogP contribution in [0.2, 0.25) is 0 Å². The van der Waals surface area contributed by atoms with Gasteiger partial charge in [0.1, 0.15) is 4.08 Å². The number of benzene rings is 3. The molecule has 2 atom stereocenters. The molecule has 2 heterocycles. The first-order valence-electron chi connectivity index (χ1n) is 10.8. The molecule has 1 fully saturated rings. The van der Waals surface area contributed by atoms with Gasteiger partial charge in [0.25, 0.3) is 6.29 Å². The number of carbonyl (C=O) groups is 2. The zero-order valence-electron chi connectivity index (χ0n) is 18.3. The van der Waals surface area contributed by atoms with E-state index in [-0.39, 0.29) is 13.2 Å². The molecule has 0 aliphatic carbocycles. The number of carbonyl (C=O) groups excluding carboxylic acids is 2. The maximum absolute atomic E-state index is 12.5. The molecule has 0 bridgehead atoms. The Morgan fingerprint density at radius 3 is 2.15 bits per heavy atom. The third-order valence-corrected chi connectivity index (χ3v) is 8.73.